The zero-order valence-corrected chi connectivity index (χ0v) is 15.4. The van der Waals surface area contributed by atoms with E-state index in [1.54, 1.807) is 11.8 Å². The molecular weight excluding hydrogens is 360 g/mol. The summed E-state index contributed by atoms with van der Waals surface area (Å²) in [7, 11) is -3.64. The highest BCUT2D eigenvalue weighted by molar-refractivity contribution is 7.98. The van der Waals surface area contributed by atoms with Gasteiger partial charge in [0, 0.05) is 23.7 Å². The van der Waals surface area contributed by atoms with Crippen molar-refractivity contribution in [2.75, 3.05) is 24.7 Å². The second kappa shape index (κ2) is 7.59. The topological polar surface area (TPSA) is 95.2 Å². The smallest absolute Gasteiger partial charge is 0.260 e. The van der Waals surface area contributed by atoms with Gasteiger partial charge in [0.2, 0.25) is 5.91 Å². The quantitative estimate of drug-likeness (QED) is 0.775. The van der Waals surface area contributed by atoms with Crippen molar-refractivity contribution in [1.29, 1.82) is 0 Å². The number of piperidine rings is 1. The highest BCUT2D eigenvalue weighted by atomic mass is 32.2. The summed E-state index contributed by atoms with van der Waals surface area (Å²) in [5.41, 5.74) is 0.727. The van der Waals surface area contributed by atoms with E-state index >= 15 is 0 Å². The van der Waals surface area contributed by atoms with Gasteiger partial charge in [-0.25, -0.2) is 13.4 Å². The normalized spacial score (nSPS) is 18.8. The van der Waals surface area contributed by atoms with Crippen LogP contribution in [0.4, 0.5) is 5.69 Å². The van der Waals surface area contributed by atoms with Crippen molar-refractivity contribution in [2.24, 2.45) is 5.92 Å². The summed E-state index contributed by atoms with van der Waals surface area (Å²) in [5.74, 6) is -0.521. The van der Waals surface area contributed by atoms with E-state index in [-0.39, 0.29) is 23.4 Å². The summed E-state index contributed by atoms with van der Waals surface area (Å²) >= 11 is 1.60. The minimum Gasteiger partial charge on any atom is -0.335 e. The average molecular weight is 380 g/mol. The van der Waals surface area contributed by atoms with Crippen LogP contribution >= 0.6 is 11.8 Å². The Bertz CT molecular complexity index is 837. The molecule has 1 amide bonds. The van der Waals surface area contributed by atoms with Gasteiger partial charge < -0.3 is 10.3 Å². The third-order valence-corrected chi connectivity index (χ3v) is 6.70. The first-order valence-corrected chi connectivity index (χ1v) is 10.6. The lowest BCUT2D eigenvalue weighted by molar-refractivity contribution is -0.120. The Labute approximate surface area is 151 Å². The van der Waals surface area contributed by atoms with Crippen molar-refractivity contribution < 1.29 is 13.2 Å². The number of aromatic nitrogens is 2. The second-order valence-electron chi connectivity index (χ2n) is 5.84. The predicted octanol–water partition coefficient (Wildman–Crippen LogP) is 2.17. The first kappa shape index (κ1) is 18.0. The van der Waals surface area contributed by atoms with Gasteiger partial charge in [0.1, 0.15) is 0 Å². The lowest BCUT2D eigenvalue weighted by Gasteiger charge is -2.30. The van der Waals surface area contributed by atoms with Crippen molar-refractivity contribution in [3.63, 3.8) is 0 Å². The van der Waals surface area contributed by atoms with E-state index in [0.29, 0.717) is 19.4 Å². The number of hydrogen-bond donors (Lipinski definition) is 2. The molecule has 0 aliphatic carbocycles. The minimum absolute atomic E-state index is 0.0567. The lowest BCUT2D eigenvalue weighted by Crippen LogP contribution is -2.43. The fourth-order valence-electron chi connectivity index (χ4n) is 2.84. The van der Waals surface area contributed by atoms with Gasteiger partial charge >= 0.3 is 0 Å². The number of carbonyl (C=O) groups is 1. The third kappa shape index (κ3) is 4.05. The molecule has 3 rings (SSSR count). The highest BCUT2D eigenvalue weighted by Gasteiger charge is 2.34. The Morgan fingerprint density at radius 1 is 1.44 bits per heavy atom. The van der Waals surface area contributed by atoms with Crippen LogP contribution in [0.5, 0.6) is 0 Å². The number of sulfonamides is 1. The van der Waals surface area contributed by atoms with Gasteiger partial charge in [0.05, 0.1) is 18.4 Å². The summed E-state index contributed by atoms with van der Waals surface area (Å²) in [4.78, 5) is 20.0. The summed E-state index contributed by atoms with van der Waals surface area (Å²) in [5, 5.41) is 2.96. The standard InChI is InChI=1S/C16H20N4O3S2/c1-24-14-6-2-5-13(8-14)19-16(21)12-4-3-7-20(10-12)25(22,23)15-9-17-11-18-15/h2,5-6,8-9,11-12H,3-4,7,10H2,1H3,(H,17,18)(H,19,21)/t12-/m1/s1. The van der Waals surface area contributed by atoms with Crippen LogP contribution in [0.3, 0.4) is 0 Å². The number of hydrogen-bond acceptors (Lipinski definition) is 5. The number of anilines is 1. The molecule has 7 nitrogen and oxygen atoms in total. The number of benzene rings is 1. The maximum absolute atomic E-state index is 12.6. The van der Waals surface area contributed by atoms with Gasteiger partial charge in [-0.1, -0.05) is 6.07 Å². The van der Waals surface area contributed by atoms with Crippen LogP contribution in [-0.2, 0) is 14.8 Å². The van der Waals surface area contributed by atoms with E-state index in [1.807, 2.05) is 30.5 Å². The first-order valence-electron chi connectivity index (χ1n) is 7.94. The van der Waals surface area contributed by atoms with E-state index in [2.05, 4.69) is 15.3 Å². The molecule has 2 heterocycles. The maximum atomic E-state index is 12.6. The molecule has 9 heteroatoms. The zero-order chi connectivity index (χ0) is 17.9. The van der Waals surface area contributed by atoms with Crippen LogP contribution in [0.1, 0.15) is 12.8 Å². The molecule has 1 aromatic heterocycles. The molecule has 0 saturated carbocycles. The molecule has 25 heavy (non-hydrogen) atoms. The fourth-order valence-corrected chi connectivity index (χ4v) is 4.72. The van der Waals surface area contributed by atoms with Gasteiger partial charge in [-0.15, -0.1) is 11.8 Å². The van der Waals surface area contributed by atoms with Gasteiger partial charge in [0.15, 0.2) is 5.03 Å². The molecule has 0 unspecified atom stereocenters. The van der Waals surface area contributed by atoms with Crippen molar-refractivity contribution in [1.82, 2.24) is 14.3 Å². The number of H-pyrrole nitrogens is 1. The maximum Gasteiger partial charge on any atom is 0.260 e. The van der Waals surface area contributed by atoms with Crippen molar-refractivity contribution in [3.8, 4) is 0 Å². The number of aromatic amines is 1. The van der Waals surface area contributed by atoms with Crippen LogP contribution < -0.4 is 5.32 Å². The number of thioether (sulfide) groups is 1. The number of carbonyl (C=O) groups excluding carboxylic acids is 1. The lowest BCUT2D eigenvalue weighted by atomic mass is 9.99. The van der Waals surface area contributed by atoms with Crippen LogP contribution in [0, 0.1) is 5.92 Å². The number of amides is 1. The van der Waals surface area contributed by atoms with Crippen molar-refractivity contribution in [3.05, 3.63) is 36.8 Å². The van der Waals surface area contributed by atoms with E-state index in [9.17, 15) is 13.2 Å². The number of imidazole rings is 1. The molecular formula is C16H20N4O3S2. The Kier molecular flexibility index (Phi) is 5.45. The Morgan fingerprint density at radius 3 is 3.00 bits per heavy atom. The number of rotatable bonds is 5. The molecule has 0 spiro atoms. The van der Waals surface area contributed by atoms with Crippen molar-refractivity contribution >= 4 is 33.4 Å². The average Bonchev–Trinajstić information content (AvgIpc) is 3.17. The Balaban J connectivity index is 1.69. The van der Waals surface area contributed by atoms with Crippen LogP contribution in [0.2, 0.25) is 0 Å². The molecule has 134 valence electrons. The highest BCUT2D eigenvalue weighted by Crippen LogP contribution is 2.25. The van der Waals surface area contributed by atoms with E-state index in [0.717, 1.165) is 10.6 Å². The van der Waals surface area contributed by atoms with Crippen LogP contribution in [0.15, 0.2) is 46.7 Å². The van der Waals surface area contributed by atoms with Gasteiger partial charge in [0.25, 0.3) is 10.0 Å². The number of nitrogens with one attached hydrogen (secondary N) is 2. The number of nitrogens with zero attached hydrogens (tertiary/aromatic N) is 2. The molecule has 1 saturated heterocycles. The first-order chi connectivity index (χ1) is 12.0. The molecule has 1 aliphatic heterocycles. The monoisotopic (exact) mass is 380 g/mol. The summed E-state index contributed by atoms with van der Waals surface area (Å²) < 4.78 is 26.5. The minimum atomic E-state index is -3.64. The molecule has 0 radical (unpaired) electrons. The third-order valence-electron chi connectivity index (χ3n) is 4.18. The molecule has 1 aliphatic rings. The fraction of sp³-hybridized carbons (Fsp3) is 0.375. The summed E-state index contributed by atoms with van der Waals surface area (Å²) in [6, 6.07) is 7.60. The summed E-state index contributed by atoms with van der Waals surface area (Å²) in [6.45, 7) is 0.586. The molecule has 1 aromatic carbocycles. The molecule has 0 bridgehead atoms. The largest absolute Gasteiger partial charge is 0.335 e. The van der Waals surface area contributed by atoms with Gasteiger partial charge in [-0.05, 0) is 37.3 Å². The van der Waals surface area contributed by atoms with E-state index < -0.39 is 10.0 Å². The predicted molar refractivity (Wildman–Crippen MR) is 96.9 cm³/mol. The molecule has 2 N–H and O–H groups in total. The van der Waals surface area contributed by atoms with Gasteiger partial charge in [-0.2, -0.15) is 4.31 Å². The SMILES string of the molecule is CSc1cccc(NC(=O)[C@@H]2CCCN(S(=O)(=O)c3cnc[nH]3)C2)c1. The van der Waals surface area contributed by atoms with E-state index in [1.165, 1.54) is 16.8 Å². The molecule has 1 fully saturated rings. The summed E-state index contributed by atoms with van der Waals surface area (Å²) in [6.07, 6.45) is 5.91. The Morgan fingerprint density at radius 2 is 2.28 bits per heavy atom. The molecule has 1 atom stereocenters. The molecule has 2 aromatic rings. The van der Waals surface area contributed by atoms with Crippen molar-refractivity contribution in [2.45, 2.75) is 22.8 Å². The van der Waals surface area contributed by atoms with E-state index in [4.69, 9.17) is 0 Å². The van der Waals surface area contributed by atoms with Crippen LogP contribution in [-0.4, -0.2) is 47.9 Å². The zero-order valence-electron chi connectivity index (χ0n) is 13.8. The Hall–Kier alpha value is -1.84. The van der Waals surface area contributed by atoms with Gasteiger partial charge in [-0.3, -0.25) is 4.79 Å². The van der Waals surface area contributed by atoms with Crippen LogP contribution in [0.25, 0.3) is 0 Å². The second-order valence-corrected chi connectivity index (χ2v) is 8.63.